The Morgan fingerprint density at radius 3 is 2.94 bits per heavy atom. The van der Waals surface area contributed by atoms with Gasteiger partial charge >= 0.3 is 0 Å². The molecule has 0 bridgehead atoms. The van der Waals surface area contributed by atoms with E-state index in [2.05, 4.69) is 35.2 Å². The fraction of sp³-hybridized carbons (Fsp3) is 0.615. The van der Waals surface area contributed by atoms with Crippen LogP contribution in [-0.2, 0) is 0 Å². The lowest BCUT2D eigenvalue weighted by molar-refractivity contribution is 0.786. The Kier molecular flexibility index (Phi) is 3.65. The predicted molar refractivity (Wildman–Crippen MR) is 69.0 cm³/mol. The Hall–Kier alpha value is -1.25. The Labute approximate surface area is 97.9 Å². The molecule has 0 atom stereocenters. The molecular weight excluding hydrogens is 198 g/mol. The van der Waals surface area contributed by atoms with E-state index >= 15 is 0 Å². The number of pyridine rings is 1. The summed E-state index contributed by atoms with van der Waals surface area (Å²) in [6, 6.07) is 2.19. The van der Waals surface area contributed by atoms with Gasteiger partial charge in [-0.25, -0.2) is 0 Å². The first-order valence-corrected chi connectivity index (χ1v) is 6.19. The number of hydrogen-bond acceptors (Lipinski definition) is 3. The maximum atomic E-state index is 4.28. The van der Waals surface area contributed by atoms with E-state index in [0.717, 1.165) is 24.6 Å². The molecule has 1 aliphatic carbocycles. The van der Waals surface area contributed by atoms with Crippen LogP contribution in [0.1, 0.15) is 26.2 Å². The highest BCUT2D eigenvalue weighted by Gasteiger charge is 2.23. The maximum Gasteiger partial charge on any atom is 0.0570 e. The van der Waals surface area contributed by atoms with E-state index in [-0.39, 0.29) is 0 Å². The Morgan fingerprint density at radius 1 is 1.44 bits per heavy atom. The summed E-state index contributed by atoms with van der Waals surface area (Å²) in [6.07, 6.45) is 7.77. The summed E-state index contributed by atoms with van der Waals surface area (Å²) in [5.74, 6) is 0.914. The molecule has 1 aromatic rings. The van der Waals surface area contributed by atoms with E-state index in [4.69, 9.17) is 0 Å². The molecule has 0 saturated heterocycles. The van der Waals surface area contributed by atoms with Gasteiger partial charge in [-0.2, -0.15) is 0 Å². The third kappa shape index (κ3) is 3.12. The Balaban J connectivity index is 1.96. The lowest BCUT2D eigenvalue weighted by atomic mass is 10.3. The topological polar surface area (TPSA) is 28.2 Å². The maximum absolute atomic E-state index is 4.28. The van der Waals surface area contributed by atoms with Crippen molar-refractivity contribution in [1.82, 2.24) is 4.98 Å². The Morgan fingerprint density at radius 2 is 2.25 bits per heavy atom. The molecule has 3 nitrogen and oxygen atoms in total. The number of nitrogens with zero attached hydrogens (tertiary/aromatic N) is 2. The number of rotatable bonds is 6. The van der Waals surface area contributed by atoms with E-state index in [9.17, 15) is 0 Å². The first-order valence-electron chi connectivity index (χ1n) is 6.19. The van der Waals surface area contributed by atoms with Crippen molar-refractivity contribution in [2.75, 3.05) is 30.4 Å². The predicted octanol–water partition coefficient (Wildman–Crippen LogP) is 2.75. The molecule has 2 rings (SSSR count). The average Bonchev–Trinajstić information content (AvgIpc) is 3.10. The van der Waals surface area contributed by atoms with E-state index < -0.39 is 0 Å². The monoisotopic (exact) mass is 219 g/mol. The van der Waals surface area contributed by atoms with Crippen LogP contribution < -0.4 is 10.2 Å². The number of aromatic nitrogens is 1. The molecule has 0 aromatic carbocycles. The van der Waals surface area contributed by atoms with Crippen molar-refractivity contribution in [3.63, 3.8) is 0 Å². The second-order valence-electron chi connectivity index (χ2n) is 4.68. The molecule has 16 heavy (non-hydrogen) atoms. The smallest absolute Gasteiger partial charge is 0.0570 e. The van der Waals surface area contributed by atoms with Gasteiger partial charge < -0.3 is 10.2 Å². The molecule has 88 valence electrons. The summed E-state index contributed by atoms with van der Waals surface area (Å²) in [5.41, 5.74) is 2.34. The van der Waals surface area contributed by atoms with Gasteiger partial charge in [0, 0.05) is 20.1 Å². The molecule has 1 aliphatic rings. The summed E-state index contributed by atoms with van der Waals surface area (Å²) in [6.45, 7) is 4.35. The summed E-state index contributed by atoms with van der Waals surface area (Å²) in [4.78, 5) is 6.59. The van der Waals surface area contributed by atoms with Crippen molar-refractivity contribution in [1.29, 1.82) is 0 Å². The second-order valence-corrected chi connectivity index (χ2v) is 4.68. The van der Waals surface area contributed by atoms with Crippen LogP contribution in [0.2, 0.25) is 0 Å². The van der Waals surface area contributed by atoms with Crippen molar-refractivity contribution in [3.05, 3.63) is 18.5 Å². The summed E-state index contributed by atoms with van der Waals surface area (Å²) in [7, 11) is 2.15. The minimum atomic E-state index is 0.914. The van der Waals surface area contributed by atoms with Gasteiger partial charge in [0.05, 0.1) is 23.8 Å². The fourth-order valence-electron chi connectivity index (χ4n) is 1.80. The van der Waals surface area contributed by atoms with Crippen LogP contribution in [0.4, 0.5) is 11.4 Å². The molecule has 0 radical (unpaired) electrons. The number of hydrogen-bond donors (Lipinski definition) is 1. The molecule has 1 fully saturated rings. The van der Waals surface area contributed by atoms with E-state index in [1.807, 2.05) is 12.4 Å². The largest absolute Gasteiger partial charge is 0.384 e. The van der Waals surface area contributed by atoms with Crippen molar-refractivity contribution >= 4 is 11.4 Å². The molecular formula is C13H21N3. The van der Waals surface area contributed by atoms with Crippen LogP contribution in [0.3, 0.4) is 0 Å². The molecule has 1 heterocycles. The number of anilines is 2. The lowest BCUT2D eigenvalue weighted by Crippen LogP contribution is -2.20. The SMILES string of the molecule is CCCNc1cncc(N(C)CC2CC2)c1. The average molecular weight is 219 g/mol. The van der Waals surface area contributed by atoms with Gasteiger partial charge in [-0.3, -0.25) is 4.98 Å². The molecule has 0 amide bonds. The lowest BCUT2D eigenvalue weighted by Gasteiger charge is -2.19. The summed E-state index contributed by atoms with van der Waals surface area (Å²) < 4.78 is 0. The van der Waals surface area contributed by atoms with E-state index in [1.54, 1.807) is 0 Å². The molecule has 1 N–H and O–H groups in total. The zero-order valence-electron chi connectivity index (χ0n) is 10.2. The number of nitrogens with one attached hydrogen (secondary N) is 1. The zero-order chi connectivity index (χ0) is 11.4. The van der Waals surface area contributed by atoms with E-state index in [1.165, 1.54) is 25.1 Å². The van der Waals surface area contributed by atoms with Gasteiger partial charge in [0.2, 0.25) is 0 Å². The third-order valence-electron chi connectivity index (χ3n) is 2.97. The minimum absolute atomic E-state index is 0.914. The van der Waals surface area contributed by atoms with Crippen LogP contribution in [0.15, 0.2) is 18.5 Å². The molecule has 1 saturated carbocycles. The molecule has 0 unspecified atom stereocenters. The van der Waals surface area contributed by atoms with Crippen LogP contribution in [0, 0.1) is 5.92 Å². The molecule has 0 aliphatic heterocycles. The second kappa shape index (κ2) is 5.19. The van der Waals surface area contributed by atoms with Crippen LogP contribution >= 0.6 is 0 Å². The fourth-order valence-corrected chi connectivity index (χ4v) is 1.80. The van der Waals surface area contributed by atoms with Crippen molar-refractivity contribution in [3.8, 4) is 0 Å². The first-order chi connectivity index (χ1) is 7.79. The third-order valence-corrected chi connectivity index (χ3v) is 2.97. The van der Waals surface area contributed by atoms with Gasteiger partial charge in [-0.15, -0.1) is 0 Å². The van der Waals surface area contributed by atoms with Crippen molar-refractivity contribution in [2.45, 2.75) is 26.2 Å². The highest BCUT2D eigenvalue weighted by molar-refractivity contribution is 5.55. The van der Waals surface area contributed by atoms with Gasteiger partial charge in [0.15, 0.2) is 0 Å². The molecule has 0 spiro atoms. The molecule has 1 aromatic heterocycles. The minimum Gasteiger partial charge on any atom is -0.384 e. The van der Waals surface area contributed by atoms with Gasteiger partial charge in [-0.05, 0) is 31.2 Å². The zero-order valence-corrected chi connectivity index (χ0v) is 10.2. The van der Waals surface area contributed by atoms with Crippen LogP contribution in [-0.4, -0.2) is 25.1 Å². The highest BCUT2D eigenvalue weighted by atomic mass is 15.1. The molecule has 3 heteroatoms. The summed E-state index contributed by atoms with van der Waals surface area (Å²) in [5, 5.41) is 3.37. The van der Waals surface area contributed by atoms with Crippen molar-refractivity contribution < 1.29 is 0 Å². The normalized spacial score (nSPS) is 14.9. The highest BCUT2D eigenvalue weighted by Crippen LogP contribution is 2.31. The van der Waals surface area contributed by atoms with Crippen LogP contribution in [0.5, 0.6) is 0 Å². The van der Waals surface area contributed by atoms with Gasteiger partial charge in [-0.1, -0.05) is 6.92 Å². The van der Waals surface area contributed by atoms with Gasteiger partial charge in [0.25, 0.3) is 0 Å². The van der Waals surface area contributed by atoms with Crippen molar-refractivity contribution in [2.24, 2.45) is 5.92 Å². The van der Waals surface area contributed by atoms with Crippen LogP contribution in [0.25, 0.3) is 0 Å². The quantitative estimate of drug-likeness (QED) is 0.797. The Bertz CT molecular complexity index is 334. The van der Waals surface area contributed by atoms with E-state index in [0.29, 0.717) is 0 Å². The first kappa shape index (κ1) is 11.2. The summed E-state index contributed by atoms with van der Waals surface area (Å²) >= 11 is 0. The standard InChI is InChI=1S/C13H21N3/c1-3-6-15-12-7-13(9-14-8-12)16(2)10-11-4-5-11/h7-9,11,15H,3-6,10H2,1-2H3. The van der Waals surface area contributed by atoms with Gasteiger partial charge in [0.1, 0.15) is 0 Å².